The van der Waals surface area contributed by atoms with E-state index in [1.807, 2.05) is 30.3 Å². The molecule has 0 N–H and O–H groups in total. The van der Waals surface area contributed by atoms with E-state index < -0.39 is 0 Å². The van der Waals surface area contributed by atoms with Gasteiger partial charge in [0.05, 0.1) is 14.2 Å². The molecule has 5 heteroatoms. The fourth-order valence-electron chi connectivity index (χ4n) is 2.60. The maximum Gasteiger partial charge on any atom is 0.204 e. The van der Waals surface area contributed by atoms with Crippen molar-refractivity contribution in [3.8, 4) is 17.2 Å². The summed E-state index contributed by atoms with van der Waals surface area (Å²) in [4.78, 5) is 12.3. The molecule has 0 saturated carbocycles. The van der Waals surface area contributed by atoms with Crippen LogP contribution in [0.1, 0.15) is 11.3 Å². The van der Waals surface area contributed by atoms with Crippen LogP contribution in [0.3, 0.4) is 0 Å². The van der Waals surface area contributed by atoms with Crippen molar-refractivity contribution >= 4 is 11.0 Å². The van der Waals surface area contributed by atoms with Crippen LogP contribution >= 0.6 is 0 Å². The van der Waals surface area contributed by atoms with Crippen molar-refractivity contribution in [3.63, 3.8) is 0 Å². The van der Waals surface area contributed by atoms with E-state index in [1.165, 1.54) is 20.3 Å². The highest BCUT2D eigenvalue weighted by Gasteiger charge is 2.20. The molecular formula is C19H18O5. The van der Waals surface area contributed by atoms with Gasteiger partial charge in [-0.3, -0.25) is 4.79 Å². The number of hydrogen-bond acceptors (Lipinski definition) is 5. The van der Waals surface area contributed by atoms with Gasteiger partial charge in [-0.1, -0.05) is 30.3 Å². The number of ether oxygens (including phenoxy) is 3. The van der Waals surface area contributed by atoms with Gasteiger partial charge in [-0.2, -0.15) is 0 Å². The van der Waals surface area contributed by atoms with Crippen molar-refractivity contribution in [1.82, 2.24) is 0 Å². The Hall–Kier alpha value is -2.95. The van der Waals surface area contributed by atoms with Crippen LogP contribution in [0.5, 0.6) is 17.2 Å². The van der Waals surface area contributed by atoms with Gasteiger partial charge in [0.25, 0.3) is 0 Å². The number of hydrogen-bond donors (Lipinski definition) is 0. The van der Waals surface area contributed by atoms with Crippen molar-refractivity contribution in [2.45, 2.75) is 13.5 Å². The Labute approximate surface area is 139 Å². The monoisotopic (exact) mass is 326 g/mol. The largest absolute Gasteiger partial charge is 0.492 e. The van der Waals surface area contributed by atoms with Gasteiger partial charge in [-0.15, -0.1) is 0 Å². The van der Waals surface area contributed by atoms with Gasteiger partial charge in [0, 0.05) is 12.1 Å². The zero-order valence-corrected chi connectivity index (χ0v) is 13.8. The average Bonchev–Trinajstić information content (AvgIpc) is 2.59. The van der Waals surface area contributed by atoms with Crippen LogP contribution in [-0.2, 0) is 6.61 Å². The molecule has 0 unspecified atom stereocenters. The molecule has 0 spiro atoms. The molecule has 0 aliphatic carbocycles. The molecule has 1 aromatic heterocycles. The zero-order chi connectivity index (χ0) is 17.1. The van der Waals surface area contributed by atoms with Crippen LogP contribution in [0.15, 0.2) is 51.7 Å². The summed E-state index contributed by atoms with van der Waals surface area (Å²) in [6, 6.07) is 12.9. The lowest BCUT2D eigenvalue weighted by Gasteiger charge is -2.15. The first-order valence-electron chi connectivity index (χ1n) is 7.50. The Balaban J connectivity index is 2.11. The highest BCUT2D eigenvalue weighted by atomic mass is 16.5. The van der Waals surface area contributed by atoms with Crippen LogP contribution in [0.4, 0.5) is 0 Å². The lowest BCUT2D eigenvalue weighted by molar-refractivity contribution is 0.276. The molecule has 3 rings (SSSR count). The maximum absolute atomic E-state index is 12.3. The Morgan fingerprint density at radius 1 is 1.00 bits per heavy atom. The van der Waals surface area contributed by atoms with E-state index in [-0.39, 0.29) is 5.43 Å². The first-order chi connectivity index (χ1) is 11.6. The fraction of sp³-hybridized carbons (Fsp3) is 0.211. The van der Waals surface area contributed by atoms with Crippen LogP contribution < -0.4 is 19.6 Å². The summed E-state index contributed by atoms with van der Waals surface area (Å²) in [6.45, 7) is 2.09. The third-order valence-corrected chi connectivity index (χ3v) is 3.66. The van der Waals surface area contributed by atoms with Gasteiger partial charge in [0.1, 0.15) is 23.3 Å². The molecule has 0 radical (unpaired) electrons. The van der Waals surface area contributed by atoms with Crippen molar-refractivity contribution in [1.29, 1.82) is 0 Å². The predicted octanol–water partition coefficient (Wildman–Crippen LogP) is 3.70. The third kappa shape index (κ3) is 2.93. The van der Waals surface area contributed by atoms with Crippen LogP contribution in [0, 0.1) is 6.92 Å². The van der Waals surface area contributed by atoms with Crippen LogP contribution in [0.2, 0.25) is 0 Å². The molecule has 3 aromatic rings. The number of benzene rings is 2. The Morgan fingerprint density at radius 3 is 2.38 bits per heavy atom. The van der Waals surface area contributed by atoms with Gasteiger partial charge >= 0.3 is 0 Å². The van der Waals surface area contributed by atoms with Gasteiger partial charge in [-0.05, 0) is 12.5 Å². The molecule has 124 valence electrons. The van der Waals surface area contributed by atoms with Crippen molar-refractivity contribution in [2.24, 2.45) is 0 Å². The number of aryl methyl sites for hydroxylation is 1. The van der Waals surface area contributed by atoms with E-state index in [2.05, 4.69) is 0 Å². The smallest absolute Gasteiger partial charge is 0.204 e. The minimum Gasteiger partial charge on any atom is -0.492 e. The van der Waals surface area contributed by atoms with E-state index in [9.17, 15) is 4.79 Å². The number of rotatable bonds is 5. The number of fused-ring (bicyclic) bond motifs is 1. The second-order valence-electron chi connectivity index (χ2n) is 5.31. The molecule has 0 amide bonds. The molecule has 0 aliphatic heterocycles. The SMILES string of the molecule is COc1c(OCc2ccccc2)cc2oc(C)cc(=O)c2c1OC. The molecule has 0 saturated heterocycles. The van der Waals surface area contributed by atoms with E-state index in [0.717, 1.165) is 5.56 Å². The highest BCUT2D eigenvalue weighted by Crippen LogP contribution is 2.42. The summed E-state index contributed by atoms with van der Waals surface area (Å²) < 4.78 is 22.4. The van der Waals surface area contributed by atoms with Crippen molar-refractivity contribution in [2.75, 3.05) is 14.2 Å². The summed E-state index contributed by atoms with van der Waals surface area (Å²) in [6.07, 6.45) is 0. The summed E-state index contributed by atoms with van der Waals surface area (Å²) in [5, 5.41) is 0.340. The maximum atomic E-state index is 12.3. The third-order valence-electron chi connectivity index (χ3n) is 3.66. The first-order valence-corrected chi connectivity index (χ1v) is 7.50. The second-order valence-corrected chi connectivity index (χ2v) is 5.31. The Bertz CT molecular complexity index is 912. The van der Waals surface area contributed by atoms with E-state index in [0.29, 0.717) is 40.6 Å². The normalized spacial score (nSPS) is 10.6. The molecule has 2 aromatic carbocycles. The van der Waals surface area contributed by atoms with Gasteiger partial charge in [-0.25, -0.2) is 0 Å². The van der Waals surface area contributed by atoms with Crippen molar-refractivity contribution in [3.05, 3.63) is 64.0 Å². The predicted molar refractivity (Wildman–Crippen MR) is 91.1 cm³/mol. The van der Waals surface area contributed by atoms with Crippen molar-refractivity contribution < 1.29 is 18.6 Å². The van der Waals surface area contributed by atoms with Crippen LogP contribution in [-0.4, -0.2) is 14.2 Å². The summed E-state index contributed by atoms with van der Waals surface area (Å²) in [5.74, 6) is 1.66. The van der Waals surface area contributed by atoms with E-state index >= 15 is 0 Å². The summed E-state index contributed by atoms with van der Waals surface area (Å²) >= 11 is 0. The standard InChI is InChI=1S/C19H18O5/c1-12-9-14(20)17-15(24-12)10-16(18(21-2)19(17)22-3)23-11-13-7-5-4-6-8-13/h4-10H,11H2,1-3H3. The zero-order valence-electron chi connectivity index (χ0n) is 13.8. The molecule has 0 atom stereocenters. The van der Waals surface area contributed by atoms with Gasteiger partial charge < -0.3 is 18.6 Å². The molecule has 0 bridgehead atoms. The highest BCUT2D eigenvalue weighted by molar-refractivity contribution is 5.89. The Kier molecular flexibility index (Phi) is 4.42. The summed E-state index contributed by atoms with van der Waals surface area (Å²) in [7, 11) is 2.99. The lowest BCUT2D eigenvalue weighted by Crippen LogP contribution is -2.06. The molecular weight excluding hydrogens is 308 g/mol. The summed E-state index contributed by atoms with van der Waals surface area (Å²) in [5.41, 5.74) is 1.24. The number of methoxy groups -OCH3 is 2. The average molecular weight is 326 g/mol. The quantitative estimate of drug-likeness (QED) is 0.715. The Morgan fingerprint density at radius 2 is 1.71 bits per heavy atom. The lowest BCUT2D eigenvalue weighted by atomic mass is 10.1. The molecule has 0 aliphatic rings. The second kappa shape index (κ2) is 6.66. The molecule has 1 heterocycles. The van der Waals surface area contributed by atoms with Crippen LogP contribution in [0.25, 0.3) is 11.0 Å². The fourth-order valence-corrected chi connectivity index (χ4v) is 2.60. The first kappa shape index (κ1) is 15.9. The van der Waals surface area contributed by atoms with Gasteiger partial charge in [0.15, 0.2) is 16.9 Å². The van der Waals surface area contributed by atoms with E-state index in [1.54, 1.807) is 13.0 Å². The van der Waals surface area contributed by atoms with E-state index in [4.69, 9.17) is 18.6 Å². The molecule has 0 fully saturated rings. The van der Waals surface area contributed by atoms with Gasteiger partial charge in [0.2, 0.25) is 5.75 Å². The molecule has 5 nitrogen and oxygen atoms in total. The topological polar surface area (TPSA) is 57.9 Å². The molecule has 24 heavy (non-hydrogen) atoms. The minimum atomic E-state index is -0.182. The minimum absolute atomic E-state index is 0.182.